The third-order valence-corrected chi connectivity index (χ3v) is 3.07. The van der Waals surface area contributed by atoms with Gasteiger partial charge >= 0.3 is 0 Å². The van der Waals surface area contributed by atoms with Gasteiger partial charge in [0.15, 0.2) is 0 Å². The maximum Gasteiger partial charge on any atom is 0.294 e. The van der Waals surface area contributed by atoms with E-state index in [1.807, 2.05) is 4.72 Å². The molecule has 1 atom stereocenters. The van der Waals surface area contributed by atoms with Crippen molar-refractivity contribution in [1.29, 1.82) is 0 Å². The summed E-state index contributed by atoms with van der Waals surface area (Å²) in [6, 6.07) is 3.82. The SMILES string of the molecule is Cc1ccc(NS(=O)[O-])cc1S(=O)(=O)O. The molecule has 0 spiro atoms. The Labute approximate surface area is 89.5 Å². The van der Waals surface area contributed by atoms with Crippen molar-refractivity contribution < 1.29 is 21.7 Å². The molecule has 2 N–H and O–H groups in total. The molecular formula is C7H8NO5S2-. The highest BCUT2D eigenvalue weighted by atomic mass is 32.2. The first-order valence-corrected chi connectivity index (χ1v) is 6.26. The zero-order valence-electron chi connectivity index (χ0n) is 7.63. The summed E-state index contributed by atoms with van der Waals surface area (Å²) in [5, 5.41) is 0. The second kappa shape index (κ2) is 4.27. The molecular weight excluding hydrogens is 242 g/mol. The highest BCUT2D eigenvalue weighted by Gasteiger charge is 2.13. The van der Waals surface area contributed by atoms with Gasteiger partial charge in [0, 0.05) is 17.0 Å². The molecule has 0 aromatic heterocycles. The van der Waals surface area contributed by atoms with Crippen LogP contribution in [0.15, 0.2) is 23.1 Å². The Hall–Kier alpha value is -0.960. The van der Waals surface area contributed by atoms with Crippen molar-refractivity contribution >= 4 is 27.1 Å². The van der Waals surface area contributed by atoms with Crippen LogP contribution in [-0.4, -0.2) is 21.7 Å². The van der Waals surface area contributed by atoms with E-state index in [0.717, 1.165) is 6.07 Å². The number of aryl methyl sites for hydroxylation is 1. The minimum atomic E-state index is -4.33. The van der Waals surface area contributed by atoms with Gasteiger partial charge in [0.05, 0.1) is 4.90 Å². The molecule has 15 heavy (non-hydrogen) atoms. The Morgan fingerprint density at radius 3 is 2.53 bits per heavy atom. The van der Waals surface area contributed by atoms with Crippen molar-refractivity contribution in [3.63, 3.8) is 0 Å². The van der Waals surface area contributed by atoms with Crippen LogP contribution in [-0.2, 0) is 21.4 Å². The Morgan fingerprint density at radius 1 is 1.47 bits per heavy atom. The molecule has 84 valence electrons. The number of nitrogens with one attached hydrogen (secondary N) is 1. The Balaban J connectivity index is 3.23. The van der Waals surface area contributed by atoms with E-state index in [-0.39, 0.29) is 10.6 Å². The molecule has 0 aliphatic heterocycles. The van der Waals surface area contributed by atoms with Gasteiger partial charge in [0.25, 0.3) is 10.1 Å². The van der Waals surface area contributed by atoms with Gasteiger partial charge < -0.3 is 9.27 Å². The molecule has 6 nitrogen and oxygen atoms in total. The summed E-state index contributed by atoms with van der Waals surface area (Å²) in [5.74, 6) is 0. The van der Waals surface area contributed by atoms with Crippen LogP contribution in [0.1, 0.15) is 5.56 Å². The van der Waals surface area contributed by atoms with Crippen molar-refractivity contribution in [3.8, 4) is 0 Å². The van der Waals surface area contributed by atoms with E-state index in [4.69, 9.17) is 4.55 Å². The summed E-state index contributed by atoms with van der Waals surface area (Å²) < 4.78 is 53.1. The van der Waals surface area contributed by atoms with Crippen molar-refractivity contribution in [1.82, 2.24) is 0 Å². The normalized spacial score (nSPS) is 13.5. The van der Waals surface area contributed by atoms with Crippen molar-refractivity contribution in [3.05, 3.63) is 23.8 Å². The average Bonchev–Trinajstić information content (AvgIpc) is 2.05. The molecule has 0 aliphatic rings. The maximum atomic E-state index is 10.9. The van der Waals surface area contributed by atoms with E-state index in [9.17, 15) is 17.2 Å². The van der Waals surface area contributed by atoms with Gasteiger partial charge in [-0.2, -0.15) is 8.42 Å². The fraction of sp³-hybridized carbons (Fsp3) is 0.143. The van der Waals surface area contributed by atoms with Crippen LogP contribution in [0.4, 0.5) is 5.69 Å². The van der Waals surface area contributed by atoms with Crippen molar-refractivity contribution in [2.24, 2.45) is 0 Å². The minimum Gasteiger partial charge on any atom is -0.755 e. The summed E-state index contributed by atoms with van der Waals surface area (Å²) in [6.45, 7) is 1.49. The highest BCUT2D eigenvalue weighted by Crippen LogP contribution is 2.19. The second-order valence-electron chi connectivity index (χ2n) is 2.79. The largest absolute Gasteiger partial charge is 0.755 e. The van der Waals surface area contributed by atoms with E-state index in [0.29, 0.717) is 5.56 Å². The summed E-state index contributed by atoms with van der Waals surface area (Å²) >= 11 is -2.53. The van der Waals surface area contributed by atoms with Gasteiger partial charge in [-0.05, 0) is 24.6 Å². The fourth-order valence-corrected chi connectivity index (χ4v) is 2.11. The molecule has 1 aromatic rings. The standard InChI is InChI=1S/C7H9NO5S2/c1-5-2-3-6(8-14(9)10)4-7(5)15(11,12)13/h2-4,8H,1H3,(H,9,10)(H,11,12,13)/p-1. The Kier molecular flexibility index (Phi) is 3.45. The molecule has 0 bridgehead atoms. The minimum absolute atomic E-state index is 0.0709. The molecule has 1 aromatic carbocycles. The lowest BCUT2D eigenvalue weighted by atomic mass is 10.2. The molecule has 0 amide bonds. The lowest BCUT2D eigenvalue weighted by molar-refractivity contribution is 0.482. The van der Waals surface area contributed by atoms with Gasteiger partial charge in [0.1, 0.15) is 0 Å². The quantitative estimate of drug-likeness (QED) is 0.598. The zero-order chi connectivity index (χ0) is 11.6. The molecule has 0 saturated heterocycles. The third kappa shape index (κ3) is 3.27. The smallest absolute Gasteiger partial charge is 0.294 e. The van der Waals surface area contributed by atoms with E-state index in [2.05, 4.69) is 0 Å². The first kappa shape index (κ1) is 12.1. The van der Waals surface area contributed by atoms with Crippen LogP contribution in [0, 0.1) is 6.92 Å². The summed E-state index contributed by atoms with van der Waals surface area (Å²) in [4.78, 5) is -0.321. The highest BCUT2D eigenvalue weighted by molar-refractivity contribution is 7.86. The average molecular weight is 250 g/mol. The summed E-state index contributed by atoms with van der Waals surface area (Å²) in [7, 11) is -4.33. The molecule has 8 heteroatoms. The van der Waals surface area contributed by atoms with Crippen LogP contribution in [0.5, 0.6) is 0 Å². The van der Waals surface area contributed by atoms with Crippen LogP contribution in [0.3, 0.4) is 0 Å². The molecule has 1 unspecified atom stereocenters. The second-order valence-corrected chi connectivity index (χ2v) is 4.86. The number of benzene rings is 1. The Morgan fingerprint density at radius 2 is 2.07 bits per heavy atom. The van der Waals surface area contributed by atoms with Gasteiger partial charge in [-0.15, -0.1) is 0 Å². The number of hydrogen-bond donors (Lipinski definition) is 2. The first-order chi connectivity index (χ1) is 6.80. The van der Waals surface area contributed by atoms with E-state index < -0.39 is 21.4 Å². The maximum absolute atomic E-state index is 10.9. The van der Waals surface area contributed by atoms with E-state index in [1.54, 1.807) is 0 Å². The van der Waals surface area contributed by atoms with Crippen LogP contribution < -0.4 is 4.72 Å². The number of rotatable bonds is 3. The first-order valence-electron chi connectivity index (χ1n) is 3.75. The lowest BCUT2D eigenvalue weighted by Crippen LogP contribution is -2.05. The predicted octanol–water partition coefficient (Wildman–Crippen LogP) is 0.448. The summed E-state index contributed by atoms with van der Waals surface area (Å²) in [6.07, 6.45) is 0. The van der Waals surface area contributed by atoms with E-state index in [1.165, 1.54) is 19.1 Å². The molecule has 1 rings (SSSR count). The van der Waals surface area contributed by atoms with Gasteiger partial charge in [-0.25, -0.2) is 0 Å². The van der Waals surface area contributed by atoms with Gasteiger partial charge in [0.2, 0.25) is 0 Å². The van der Waals surface area contributed by atoms with Crippen LogP contribution in [0.25, 0.3) is 0 Å². The van der Waals surface area contributed by atoms with Crippen LogP contribution >= 0.6 is 0 Å². The van der Waals surface area contributed by atoms with Gasteiger partial charge in [-0.3, -0.25) is 8.76 Å². The fourth-order valence-electron chi connectivity index (χ4n) is 1.04. The topological polar surface area (TPSA) is 107 Å². The van der Waals surface area contributed by atoms with E-state index >= 15 is 0 Å². The Bertz CT molecular complexity index is 496. The van der Waals surface area contributed by atoms with Gasteiger partial charge in [-0.1, -0.05) is 6.07 Å². The molecule has 0 aliphatic carbocycles. The monoisotopic (exact) mass is 250 g/mol. The van der Waals surface area contributed by atoms with Crippen molar-refractivity contribution in [2.75, 3.05) is 4.72 Å². The zero-order valence-corrected chi connectivity index (χ0v) is 9.26. The van der Waals surface area contributed by atoms with Crippen molar-refractivity contribution in [2.45, 2.75) is 11.8 Å². The molecule has 0 fully saturated rings. The predicted molar refractivity (Wildman–Crippen MR) is 53.5 cm³/mol. The third-order valence-electron chi connectivity index (χ3n) is 1.67. The molecule has 0 saturated carbocycles. The van der Waals surface area contributed by atoms with Crippen LogP contribution in [0.2, 0.25) is 0 Å². The lowest BCUT2D eigenvalue weighted by Gasteiger charge is -2.10. The molecule has 0 heterocycles. The number of anilines is 1. The number of hydrogen-bond acceptors (Lipinski definition) is 4. The molecule has 0 radical (unpaired) electrons. The summed E-state index contributed by atoms with van der Waals surface area (Å²) in [5.41, 5.74) is 0.404.